The van der Waals surface area contributed by atoms with E-state index >= 15 is 0 Å². The van der Waals surface area contributed by atoms with Gasteiger partial charge in [0, 0.05) is 35.8 Å². The molecule has 0 aromatic carbocycles. The summed E-state index contributed by atoms with van der Waals surface area (Å²) in [5, 5.41) is 17.0. The summed E-state index contributed by atoms with van der Waals surface area (Å²) in [6.07, 6.45) is 7.92. The van der Waals surface area contributed by atoms with Crippen molar-refractivity contribution in [2.75, 3.05) is 0 Å². The van der Waals surface area contributed by atoms with Gasteiger partial charge in [-0.05, 0) is 30.7 Å². The van der Waals surface area contributed by atoms with Crippen molar-refractivity contribution in [1.29, 1.82) is 5.41 Å². The van der Waals surface area contributed by atoms with Gasteiger partial charge in [0.05, 0.1) is 0 Å². The summed E-state index contributed by atoms with van der Waals surface area (Å²) in [4.78, 5) is 4.96. The van der Waals surface area contributed by atoms with Crippen molar-refractivity contribution in [2.45, 2.75) is 42.3 Å². The van der Waals surface area contributed by atoms with Crippen LogP contribution in [0.4, 0.5) is 0 Å². The van der Waals surface area contributed by atoms with Crippen LogP contribution in [0.3, 0.4) is 0 Å². The largest absolute Gasteiger partial charge is 0.384 e. The highest BCUT2D eigenvalue weighted by Crippen LogP contribution is 2.30. The molecule has 0 saturated heterocycles. The SMILES string of the molecule is N=C(N)c1ccncc1Sc1nnc2n1CCCCC2. The molecule has 3 heterocycles. The normalized spacial score (nSPS) is 14.6. The van der Waals surface area contributed by atoms with Gasteiger partial charge >= 0.3 is 0 Å². The molecule has 0 spiro atoms. The second kappa shape index (κ2) is 5.62. The Morgan fingerprint density at radius 1 is 1.30 bits per heavy atom. The molecule has 0 fully saturated rings. The fourth-order valence-corrected chi connectivity index (χ4v) is 3.30. The Morgan fingerprint density at radius 2 is 2.20 bits per heavy atom. The topological polar surface area (TPSA) is 93.5 Å². The maximum absolute atomic E-state index is 7.62. The zero-order valence-electron chi connectivity index (χ0n) is 11.0. The van der Waals surface area contributed by atoms with Gasteiger partial charge in [0.15, 0.2) is 5.16 Å². The molecule has 2 aromatic rings. The average molecular weight is 288 g/mol. The molecule has 2 aromatic heterocycles. The van der Waals surface area contributed by atoms with E-state index in [-0.39, 0.29) is 5.84 Å². The lowest BCUT2D eigenvalue weighted by Gasteiger charge is -2.08. The van der Waals surface area contributed by atoms with Crippen LogP contribution in [0.5, 0.6) is 0 Å². The van der Waals surface area contributed by atoms with E-state index in [9.17, 15) is 0 Å². The summed E-state index contributed by atoms with van der Waals surface area (Å²) in [5.74, 6) is 1.10. The Balaban J connectivity index is 1.92. The molecule has 20 heavy (non-hydrogen) atoms. The van der Waals surface area contributed by atoms with Gasteiger partial charge in [-0.3, -0.25) is 10.4 Å². The lowest BCUT2D eigenvalue weighted by molar-refractivity contribution is 0.591. The van der Waals surface area contributed by atoms with Gasteiger partial charge in [-0.25, -0.2) is 0 Å². The number of aryl methyl sites for hydroxylation is 1. The average Bonchev–Trinajstić information content (AvgIpc) is 2.68. The number of nitrogen functional groups attached to an aromatic ring is 1. The van der Waals surface area contributed by atoms with Crippen molar-refractivity contribution in [2.24, 2.45) is 5.73 Å². The predicted molar refractivity (Wildman–Crippen MR) is 77.0 cm³/mol. The molecule has 0 radical (unpaired) electrons. The summed E-state index contributed by atoms with van der Waals surface area (Å²) < 4.78 is 2.18. The van der Waals surface area contributed by atoms with Gasteiger partial charge in [-0.15, -0.1) is 10.2 Å². The van der Waals surface area contributed by atoms with Crippen molar-refractivity contribution in [3.63, 3.8) is 0 Å². The smallest absolute Gasteiger partial charge is 0.196 e. The van der Waals surface area contributed by atoms with Gasteiger partial charge in [0.1, 0.15) is 11.7 Å². The van der Waals surface area contributed by atoms with E-state index in [1.54, 1.807) is 18.5 Å². The lowest BCUT2D eigenvalue weighted by atomic mass is 10.2. The van der Waals surface area contributed by atoms with Crippen molar-refractivity contribution >= 4 is 17.6 Å². The number of hydrogen-bond acceptors (Lipinski definition) is 5. The molecule has 0 aliphatic carbocycles. The van der Waals surface area contributed by atoms with Gasteiger partial charge in [0.25, 0.3) is 0 Å². The Hall–Kier alpha value is -1.89. The van der Waals surface area contributed by atoms with Crippen LogP contribution in [0.2, 0.25) is 0 Å². The number of nitrogens with zero attached hydrogens (tertiary/aromatic N) is 4. The Bertz CT molecular complexity index is 636. The van der Waals surface area contributed by atoms with E-state index in [0.717, 1.165) is 35.3 Å². The predicted octanol–water partition coefficient (Wildman–Crippen LogP) is 1.83. The Kier molecular flexibility index (Phi) is 3.68. The summed E-state index contributed by atoms with van der Waals surface area (Å²) in [6.45, 7) is 0.959. The fraction of sp³-hybridized carbons (Fsp3) is 0.385. The Morgan fingerprint density at radius 3 is 3.05 bits per heavy atom. The van der Waals surface area contributed by atoms with Crippen LogP contribution in [-0.4, -0.2) is 25.6 Å². The maximum Gasteiger partial charge on any atom is 0.196 e. The van der Waals surface area contributed by atoms with Crippen LogP contribution in [-0.2, 0) is 13.0 Å². The van der Waals surface area contributed by atoms with Crippen LogP contribution >= 0.6 is 11.8 Å². The van der Waals surface area contributed by atoms with E-state index in [1.807, 2.05) is 0 Å². The standard InChI is InChI=1S/C13H16N6S/c14-12(15)9-5-6-16-8-10(9)20-13-18-17-11-4-2-1-3-7-19(11)13/h5-6,8H,1-4,7H2,(H3,14,15). The zero-order valence-corrected chi connectivity index (χ0v) is 11.9. The minimum Gasteiger partial charge on any atom is -0.384 e. The quantitative estimate of drug-likeness (QED) is 0.664. The first-order chi connectivity index (χ1) is 9.75. The van der Waals surface area contributed by atoms with Crippen LogP contribution in [0.25, 0.3) is 0 Å². The van der Waals surface area contributed by atoms with Gasteiger partial charge in [-0.1, -0.05) is 6.42 Å². The molecule has 0 atom stereocenters. The van der Waals surface area contributed by atoms with Crippen LogP contribution < -0.4 is 5.73 Å². The van der Waals surface area contributed by atoms with Crippen LogP contribution in [0, 0.1) is 5.41 Å². The van der Waals surface area contributed by atoms with E-state index in [1.165, 1.54) is 24.6 Å². The first kappa shape index (κ1) is 13.1. The van der Waals surface area contributed by atoms with E-state index < -0.39 is 0 Å². The maximum atomic E-state index is 7.62. The third kappa shape index (κ3) is 2.53. The third-order valence-corrected chi connectivity index (χ3v) is 4.38. The van der Waals surface area contributed by atoms with Crippen LogP contribution in [0.15, 0.2) is 28.5 Å². The van der Waals surface area contributed by atoms with E-state index in [0.29, 0.717) is 5.56 Å². The number of nitrogens with two attached hydrogens (primary N) is 1. The number of pyridine rings is 1. The molecule has 3 rings (SSSR count). The van der Waals surface area contributed by atoms with Gasteiger partial charge < -0.3 is 10.3 Å². The monoisotopic (exact) mass is 288 g/mol. The number of rotatable bonds is 3. The van der Waals surface area contributed by atoms with Crippen molar-refractivity contribution in [3.05, 3.63) is 29.8 Å². The Labute approximate surface area is 121 Å². The van der Waals surface area contributed by atoms with Crippen molar-refractivity contribution in [1.82, 2.24) is 19.7 Å². The molecule has 0 saturated carbocycles. The summed E-state index contributed by atoms with van der Waals surface area (Å²) in [7, 11) is 0. The molecule has 3 N–H and O–H groups in total. The second-order valence-corrected chi connectivity index (χ2v) is 5.76. The zero-order chi connectivity index (χ0) is 13.9. The minimum absolute atomic E-state index is 0.0468. The van der Waals surface area contributed by atoms with Crippen LogP contribution in [0.1, 0.15) is 30.7 Å². The molecule has 0 bridgehead atoms. The summed E-state index contributed by atoms with van der Waals surface area (Å²) >= 11 is 1.48. The van der Waals surface area contributed by atoms with Gasteiger partial charge in [-0.2, -0.15) is 0 Å². The highest BCUT2D eigenvalue weighted by Gasteiger charge is 2.17. The molecule has 6 nitrogen and oxygen atoms in total. The molecule has 0 unspecified atom stereocenters. The molecule has 1 aliphatic rings. The molecule has 7 heteroatoms. The highest BCUT2D eigenvalue weighted by molar-refractivity contribution is 7.99. The van der Waals surface area contributed by atoms with E-state index in [2.05, 4.69) is 19.7 Å². The third-order valence-electron chi connectivity index (χ3n) is 3.35. The molecular formula is C13H16N6S. The number of aromatic nitrogens is 4. The second-order valence-electron chi connectivity index (χ2n) is 4.75. The first-order valence-corrected chi connectivity index (χ1v) is 7.45. The number of amidine groups is 1. The highest BCUT2D eigenvalue weighted by atomic mass is 32.2. The van der Waals surface area contributed by atoms with Gasteiger partial charge in [0.2, 0.25) is 0 Å². The summed E-state index contributed by atoms with van der Waals surface area (Å²) in [6, 6.07) is 1.75. The molecule has 0 amide bonds. The number of hydrogen-bond donors (Lipinski definition) is 2. The fourth-order valence-electron chi connectivity index (χ4n) is 2.32. The first-order valence-electron chi connectivity index (χ1n) is 6.64. The lowest BCUT2D eigenvalue weighted by Crippen LogP contribution is -2.12. The van der Waals surface area contributed by atoms with E-state index in [4.69, 9.17) is 11.1 Å². The van der Waals surface area contributed by atoms with Crippen molar-refractivity contribution in [3.8, 4) is 0 Å². The molecule has 1 aliphatic heterocycles. The van der Waals surface area contributed by atoms with Crippen molar-refractivity contribution < 1.29 is 0 Å². The number of nitrogens with one attached hydrogen (secondary N) is 1. The minimum atomic E-state index is 0.0468. The molecular weight excluding hydrogens is 272 g/mol. The summed E-state index contributed by atoms with van der Waals surface area (Å²) in [5.41, 5.74) is 6.30. The molecule has 104 valence electrons. The number of fused-ring (bicyclic) bond motifs is 1.